The van der Waals surface area contributed by atoms with Gasteiger partial charge in [-0.3, -0.25) is 14.9 Å². The van der Waals surface area contributed by atoms with Gasteiger partial charge in [-0.25, -0.2) is 0 Å². The number of amides is 2. The standard InChI is InChI=1S/C25H20ClN3O2S2/c1-15(16-8-3-2-4-9-16)27-23(30)17-10-7-11-18(14-17)28-25(32)29-24(31)22-21(26)19-12-5-6-13-20(19)33-22/h2-15H,1H3,(H,27,30)(H2,28,29,31,32). The van der Waals surface area contributed by atoms with Crippen LogP contribution in [0.15, 0.2) is 78.9 Å². The lowest BCUT2D eigenvalue weighted by molar-refractivity contribution is 0.0938. The van der Waals surface area contributed by atoms with E-state index in [9.17, 15) is 9.59 Å². The summed E-state index contributed by atoms with van der Waals surface area (Å²) in [6, 6.07) is 24.1. The second-order valence-electron chi connectivity index (χ2n) is 7.34. The number of nitrogens with one attached hydrogen (secondary N) is 3. The molecule has 5 nitrogen and oxygen atoms in total. The number of carbonyl (C=O) groups is 2. The Hall–Kier alpha value is -3.26. The smallest absolute Gasteiger partial charge is 0.269 e. The number of fused-ring (bicyclic) bond motifs is 1. The topological polar surface area (TPSA) is 70.2 Å². The number of benzene rings is 3. The van der Waals surface area contributed by atoms with Gasteiger partial charge in [0, 0.05) is 21.3 Å². The molecule has 1 heterocycles. The normalized spacial score (nSPS) is 11.6. The van der Waals surface area contributed by atoms with Gasteiger partial charge in [-0.15, -0.1) is 11.3 Å². The van der Waals surface area contributed by atoms with Crippen molar-refractivity contribution in [1.82, 2.24) is 10.6 Å². The average molecular weight is 494 g/mol. The molecule has 2 amide bonds. The molecular weight excluding hydrogens is 474 g/mol. The number of hydrogen-bond donors (Lipinski definition) is 3. The zero-order valence-electron chi connectivity index (χ0n) is 17.6. The number of hydrogen-bond acceptors (Lipinski definition) is 4. The predicted molar refractivity (Wildman–Crippen MR) is 139 cm³/mol. The molecule has 0 aliphatic rings. The first-order chi connectivity index (χ1) is 15.9. The fourth-order valence-corrected chi connectivity index (χ4v) is 4.95. The first kappa shape index (κ1) is 22.9. The van der Waals surface area contributed by atoms with Crippen molar-refractivity contribution >= 4 is 67.9 Å². The zero-order valence-corrected chi connectivity index (χ0v) is 20.0. The van der Waals surface area contributed by atoms with E-state index >= 15 is 0 Å². The molecule has 0 spiro atoms. The molecule has 4 rings (SSSR count). The van der Waals surface area contributed by atoms with E-state index in [-0.39, 0.29) is 23.0 Å². The van der Waals surface area contributed by atoms with E-state index in [1.807, 2.05) is 61.5 Å². The first-order valence-corrected chi connectivity index (χ1v) is 11.8. The van der Waals surface area contributed by atoms with E-state index in [4.69, 9.17) is 23.8 Å². The molecule has 0 fully saturated rings. The third kappa shape index (κ3) is 5.39. The quantitative estimate of drug-likeness (QED) is 0.291. The van der Waals surface area contributed by atoms with Gasteiger partial charge in [0.05, 0.1) is 11.1 Å². The third-order valence-electron chi connectivity index (χ3n) is 5.00. The summed E-state index contributed by atoms with van der Waals surface area (Å²) in [5.41, 5.74) is 2.08. The predicted octanol–water partition coefficient (Wildman–Crippen LogP) is 6.17. The second kappa shape index (κ2) is 10.1. The van der Waals surface area contributed by atoms with Crippen molar-refractivity contribution in [2.75, 3.05) is 5.32 Å². The summed E-state index contributed by atoms with van der Waals surface area (Å²) in [5.74, 6) is -0.591. The van der Waals surface area contributed by atoms with E-state index in [0.717, 1.165) is 15.6 Å². The largest absolute Gasteiger partial charge is 0.346 e. The van der Waals surface area contributed by atoms with Crippen LogP contribution in [0.2, 0.25) is 5.02 Å². The highest BCUT2D eigenvalue weighted by atomic mass is 35.5. The molecule has 0 bridgehead atoms. The molecule has 166 valence electrons. The number of anilines is 1. The Morgan fingerprint density at radius 3 is 2.42 bits per heavy atom. The molecule has 1 aromatic heterocycles. The summed E-state index contributed by atoms with van der Waals surface area (Å²) in [6.45, 7) is 1.93. The van der Waals surface area contributed by atoms with Gasteiger partial charge < -0.3 is 10.6 Å². The molecule has 0 aliphatic carbocycles. The van der Waals surface area contributed by atoms with Gasteiger partial charge in [0.25, 0.3) is 11.8 Å². The first-order valence-electron chi connectivity index (χ1n) is 10.2. The lowest BCUT2D eigenvalue weighted by Crippen LogP contribution is -2.34. The van der Waals surface area contributed by atoms with E-state index in [1.165, 1.54) is 11.3 Å². The van der Waals surface area contributed by atoms with Crippen molar-refractivity contribution in [2.45, 2.75) is 13.0 Å². The van der Waals surface area contributed by atoms with Crippen LogP contribution < -0.4 is 16.0 Å². The average Bonchev–Trinajstić information content (AvgIpc) is 3.16. The lowest BCUT2D eigenvalue weighted by Gasteiger charge is -2.15. The van der Waals surface area contributed by atoms with Crippen LogP contribution in [0.1, 0.15) is 38.6 Å². The fourth-order valence-electron chi connectivity index (χ4n) is 3.33. The maximum absolute atomic E-state index is 12.7. The van der Waals surface area contributed by atoms with Gasteiger partial charge >= 0.3 is 0 Å². The zero-order chi connectivity index (χ0) is 23.4. The van der Waals surface area contributed by atoms with E-state index in [0.29, 0.717) is 21.2 Å². The molecule has 1 unspecified atom stereocenters. The van der Waals surface area contributed by atoms with Gasteiger partial charge in [0.15, 0.2) is 5.11 Å². The van der Waals surface area contributed by atoms with Crippen molar-refractivity contribution in [3.63, 3.8) is 0 Å². The lowest BCUT2D eigenvalue weighted by atomic mass is 10.1. The Balaban J connectivity index is 1.40. The summed E-state index contributed by atoms with van der Waals surface area (Å²) in [4.78, 5) is 25.8. The van der Waals surface area contributed by atoms with Gasteiger partial charge in [0.1, 0.15) is 4.88 Å². The SMILES string of the molecule is CC(NC(=O)c1cccc(NC(=S)NC(=O)c2sc3ccccc3c2Cl)c1)c1ccccc1. The van der Waals surface area contributed by atoms with Crippen LogP contribution in [0, 0.1) is 0 Å². The number of carbonyl (C=O) groups excluding carboxylic acids is 2. The summed E-state index contributed by atoms with van der Waals surface area (Å²) in [7, 11) is 0. The van der Waals surface area contributed by atoms with Crippen LogP contribution in [-0.4, -0.2) is 16.9 Å². The molecule has 3 aromatic carbocycles. The summed E-state index contributed by atoms with van der Waals surface area (Å²) >= 11 is 13.0. The molecule has 33 heavy (non-hydrogen) atoms. The Morgan fingerprint density at radius 1 is 0.939 bits per heavy atom. The van der Waals surface area contributed by atoms with Gasteiger partial charge in [-0.1, -0.05) is 66.2 Å². The Kier molecular flexibility index (Phi) is 7.03. The number of halogens is 1. The van der Waals surface area contributed by atoms with Crippen LogP contribution in [0.4, 0.5) is 5.69 Å². The van der Waals surface area contributed by atoms with Gasteiger partial charge in [-0.2, -0.15) is 0 Å². The fraction of sp³-hybridized carbons (Fsp3) is 0.0800. The van der Waals surface area contributed by atoms with Crippen LogP contribution in [0.5, 0.6) is 0 Å². The van der Waals surface area contributed by atoms with Crippen molar-refractivity contribution in [1.29, 1.82) is 0 Å². The highest BCUT2D eigenvalue weighted by Crippen LogP contribution is 2.35. The molecule has 0 saturated heterocycles. The molecule has 4 aromatic rings. The number of rotatable bonds is 5. The third-order valence-corrected chi connectivity index (χ3v) is 6.88. The molecule has 1 atom stereocenters. The summed E-state index contributed by atoms with van der Waals surface area (Å²) in [6.07, 6.45) is 0. The second-order valence-corrected chi connectivity index (χ2v) is 9.17. The Bertz CT molecular complexity index is 1340. The van der Waals surface area contributed by atoms with Crippen LogP contribution in [-0.2, 0) is 0 Å². The highest BCUT2D eigenvalue weighted by Gasteiger charge is 2.18. The van der Waals surface area contributed by atoms with Crippen LogP contribution in [0.25, 0.3) is 10.1 Å². The minimum atomic E-state index is -0.385. The summed E-state index contributed by atoms with van der Waals surface area (Å²) in [5, 5.41) is 9.95. The minimum Gasteiger partial charge on any atom is -0.346 e. The number of thiocarbonyl (C=S) groups is 1. The van der Waals surface area contributed by atoms with Gasteiger partial charge in [-0.05, 0) is 49.0 Å². The maximum atomic E-state index is 12.7. The van der Waals surface area contributed by atoms with E-state index in [1.54, 1.807) is 24.3 Å². The Labute approximate surface area is 205 Å². The summed E-state index contributed by atoms with van der Waals surface area (Å²) < 4.78 is 0.926. The van der Waals surface area contributed by atoms with Gasteiger partial charge in [0.2, 0.25) is 0 Å². The van der Waals surface area contributed by atoms with Crippen molar-refractivity contribution in [3.8, 4) is 0 Å². The minimum absolute atomic E-state index is 0.115. The van der Waals surface area contributed by atoms with E-state index < -0.39 is 0 Å². The highest BCUT2D eigenvalue weighted by molar-refractivity contribution is 7.80. The molecule has 3 N–H and O–H groups in total. The van der Waals surface area contributed by atoms with Crippen LogP contribution >= 0.6 is 35.2 Å². The molecule has 0 saturated carbocycles. The molecule has 0 radical (unpaired) electrons. The maximum Gasteiger partial charge on any atom is 0.269 e. The van der Waals surface area contributed by atoms with Crippen molar-refractivity contribution < 1.29 is 9.59 Å². The number of thiophene rings is 1. The molecule has 0 aliphatic heterocycles. The molecular formula is C25H20ClN3O2S2. The van der Waals surface area contributed by atoms with Crippen molar-refractivity contribution in [2.24, 2.45) is 0 Å². The van der Waals surface area contributed by atoms with E-state index in [2.05, 4.69) is 16.0 Å². The van der Waals surface area contributed by atoms with Crippen LogP contribution in [0.3, 0.4) is 0 Å². The Morgan fingerprint density at radius 2 is 1.67 bits per heavy atom. The van der Waals surface area contributed by atoms with Crippen molar-refractivity contribution in [3.05, 3.63) is 99.9 Å². The molecule has 8 heteroatoms. The monoisotopic (exact) mass is 493 g/mol.